The smallest absolute Gasteiger partial charge is 0.237 e. The van der Waals surface area contributed by atoms with Crippen LogP contribution in [0.2, 0.25) is 0 Å². The number of amides is 1. The molecule has 1 aliphatic carbocycles. The van der Waals surface area contributed by atoms with E-state index in [0.29, 0.717) is 24.4 Å². The molecule has 2 rings (SSSR count). The Morgan fingerprint density at radius 3 is 2.59 bits per heavy atom. The van der Waals surface area contributed by atoms with Crippen molar-refractivity contribution in [2.75, 3.05) is 5.32 Å². The van der Waals surface area contributed by atoms with Gasteiger partial charge in [-0.3, -0.25) is 4.79 Å². The second-order valence-corrected chi connectivity index (χ2v) is 4.98. The summed E-state index contributed by atoms with van der Waals surface area (Å²) in [6.07, 6.45) is 5.91. The number of hydrogen-bond donors (Lipinski definition) is 2. The Bertz CT molecular complexity index is 442. The van der Waals surface area contributed by atoms with Gasteiger partial charge in [0.1, 0.15) is 6.33 Å². The molecular formula is C11H14N4OS. The van der Waals surface area contributed by atoms with E-state index in [2.05, 4.69) is 22.2 Å². The molecule has 0 aromatic carbocycles. The van der Waals surface area contributed by atoms with Crippen LogP contribution < -0.4 is 11.1 Å². The van der Waals surface area contributed by atoms with Crippen molar-refractivity contribution >= 4 is 28.8 Å². The van der Waals surface area contributed by atoms with Crippen molar-refractivity contribution in [3.8, 4) is 0 Å². The molecule has 0 spiro atoms. The van der Waals surface area contributed by atoms with Gasteiger partial charge < -0.3 is 11.1 Å². The highest BCUT2D eigenvalue weighted by atomic mass is 32.1. The summed E-state index contributed by atoms with van der Waals surface area (Å²) in [5.41, 5.74) is 5.56. The first-order valence-corrected chi connectivity index (χ1v) is 5.82. The molecular weight excluding hydrogens is 236 g/mol. The fourth-order valence-corrected chi connectivity index (χ4v) is 2.50. The molecule has 17 heavy (non-hydrogen) atoms. The molecule has 90 valence electrons. The fraction of sp³-hybridized carbons (Fsp3) is 0.455. The zero-order chi connectivity index (χ0) is 12.5. The average molecular weight is 250 g/mol. The van der Waals surface area contributed by atoms with Crippen molar-refractivity contribution in [1.82, 2.24) is 9.97 Å². The van der Waals surface area contributed by atoms with Crippen LogP contribution in [-0.2, 0) is 4.79 Å². The van der Waals surface area contributed by atoms with Crippen molar-refractivity contribution in [2.45, 2.75) is 19.8 Å². The van der Waals surface area contributed by atoms with E-state index < -0.39 is 5.41 Å². The normalized spacial score (nSPS) is 27.0. The molecule has 1 aliphatic rings. The Balaban J connectivity index is 2.12. The number of thiocarbonyl (C=S) groups is 1. The largest absolute Gasteiger partial charge is 0.392 e. The lowest BCUT2D eigenvalue weighted by Crippen LogP contribution is -2.53. The van der Waals surface area contributed by atoms with Gasteiger partial charge in [0.15, 0.2) is 0 Å². The zero-order valence-electron chi connectivity index (χ0n) is 9.51. The Kier molecular flexibility index (Phi) is 3.06. The van der Waals surface area contributed by atoms with Crippen LogP contribution in [0.5, 0.6) is 0 Å². The lowest BCUT2D eigenvalue weighted by molar-refractivity contribution is -0.127. The molecule has 1 heterocycles. The van der Waals surface area contributed by atoms with Crippen LogP contribution in [0.25, 0.3) is 0 Å². The van der Waals surface area contributed by atoms with E-state index in [1.807, 2.05) is 0 Å². The van der Waals surface area contributed by atoms with E-state index in [4.69, 9.17) is 18.0 Å². The van der Waals surface area contributed by atoms with Gasteiger partial charge in [-0.1, -0.05) is 19.1 Å². The lowest BCUT2D eigenvalue weighted by Gasteiger charge is -2.43. The second-order valence-electron chi connectivity index (χ2n) is 4.54. The highest BCUT2D eigenvalue weighted by Crippen LogP contribution is 2.46. The topological polar surface area (TPSA) is 80.9 Å². The highest BCUT2D eigenvalue weighted by Gasteiger charge is 2.50. The van der Waals surface area contributed by atoms with Crippen molar-refractivity contribution < 1.29 is 4.79 Å². The minimum absolute atomic E-state index is 0.155. The van der Waals surface area contributed by atoms with E-state index in [1.165, 1.54) is 6.33 Å². The van der Waals surface area contributed by atoms with Gasteiger partial charge in [-0.05, 0) is 18.8 Å². The summed E-state index contributed by atoms with van der Waals surface area (Å²) in [6.45, 7) is 2.08. The van der Waals surface area contributed by atoms with Crippen molar-refractivity contribution in [3.63, 3.8) is 0 Å². The van der Waals surface area contributed by atoms with Gasteiger partial charge in [-0.15, -0.1) is 0 Å². The quantitative estimate of drug-likeness (QED) is 0.786. The molecule has 0 atom stereocenters. The summed E-state index contributed by atoms with van der Waals surface area (Å²) in [6, 6.07) is 0. The Hall–Kier alpha value is -1.56. The number of hydrogen-bond acceptors (Lipinski definition) is 4. The first kappa shape index (κ1) is 11.9. The Morgan fingerprint density at radius 2 is 2.12 bits per heavy atom. The minimum atomic E-state index is -0.690. The summed E-state index contributed by atoms with van der Waals surface area (Å²) >= 11 is 5.01. The van der Waals surface area contributed by atoms with Crippen LogP contribution in [0.1, 0.15) is 19.8 Å². The van der Waals surface area contributed by atoms with Crippen LogP contribution in [0.4, 0.5) is 5.69 Å². The molecule has 1 saturated carbocycles. The number of anilines is 1. The van der Waals surface area contributed by atoms with Gasteiger partial charge in [0, 0.05) is 0 Å². The lowest BCUT2D eigenvalue weighted by atomic mass is 9.62. The van der Waals surface area contributed by atoms with Crippen molar-refractivity contribution in [2.24, 2.45) is 17.1 Å². The molecule has 1 amide bonds. The van der Waals surface area contributed by atoms with Gasteiger partial charge >= 0.3 is 0 Å². The summed E-state index contributed by atoms with van der Waals surface area (Å²) in [5.74, 6) is 0.326. The monoisotopic (exact) mass is 250 g/mol. The van der Waals surface area contributed by atoms with E-state index >= 15 is 0 Å². The molecule has 5 nitrogen and oxygen atoms in total. The number of nitrogens with zero attached hydrogens (tertiary/aromatic N) is 2. The maximum atomic E-state index is 12.2. The molecule has 0 aliphatic heterocycles. The minimum Gasteiger partial charge on any atom is -0.392 e. The number of carbonyl (C=O) groups excluding carboxylic acids is 1. The molecule has 3 N–H and O–H groups in total. The SMILES string of the molecule is CC1CC(C(=O)Nc2cncnc2)(C(N)=S)C1. The molecule has 1 aromatic heterocycles. The van der Waals surface area contributed by atoms with Crippen LogP contribution in [0.15, 0.2) is 18.7 Å². The summed E-state index contributed by atoms with van der Waals surface area (Å²) < 4.78 is 0. The third kappa shape index (κ3) is 2.12. The molecule has 0 saturated heterocycles. The zero-order valence-corrected chi connectivity index (χ0v) is 10.3. The maximum absolute atomic E-state index is 12.2. The molecule has 1 fully saturated rings. The van der Waals surface area contributed by atoms with E-state index in [1.54, 1.807) is 12.4 Å². The van der Waals surface area contributed by atoms with E-state index in [-0.39, 0.29) is 10.9 Å². The van der Waals surface area contributed by atoms with E-state index in [9.17, 15) is 4.79 Å². The fourth-order valence-electron chi connectivity index (χ4n) is 2.24. The van der Waals surface area contributed by atoms with E-state index in [0.717, 1.165) is 0 Å². The van der Waals surface area contributed by atoms with Crippen LogP contribution in [0, 0.1) is 11.3 Å². The third-order valence-corrected chi connectivity index (χ3v) is 3.51. The van der Waals surface area contributed by atoms with Gasteiger partial charge in [-0.25, -0.2) is 9.97 Å². The maximum Gasteiger partial charge on any atom is 0.237 e. The number of carbonyl (C=O) groups is 1. The third-order valence-electron chi connectivity index (χ3n) is 3.12. The molecule has 0 bridgehead atoms. The second kappa shape index (κ2) is 4.37. The van der Waals surface area contributed by atoms with Crippen molar-refractivity contribution in [1.29, 1.82) is 0 Å². The first-order valence-electron chi connectivity index (χ1n) is 5.41. The van der Waals surface area contributed by atoms with Gasteiger partial charge in [0.2, 0.25) is 5.91 Å². The molecule has 0 unspecified atom stereocenters. The number of aromatic nitrogens is 2. The van der Waals surface area contributed by atoms with Crippen LogP contribution in [-0.4, -0.2) is 20.9 Å². The predicted molar refractivity (Wildman–Crippen MR) is 68.3 cm³/mol. The van der Waals surface area contributed by atoms with Gasteiger partial charge in [0.05, 0.1) is 28.5 Å². The standard InChI is InChI=1S/C11H14N4OS/c1-7-2-11(3-7,9(12)17)10(16)15-8-4-13-6-14-5-8/h4-7H,2-3H2,1H3,(H2,12,17)(H,15,16). The number of nitrogens with two attached hydrogens (primary N) is 1. The first-order chi connectivity index (χ1) is 8.04. The summed E-state index contributed by atoms with van der Waals surface area (Å²) in [7, 11) is 0. The molecule has 6 heteroatoms. The van der Waals surface area contributed by atoms with Crippen LogP contribution in [0.3, 0.4) is 0 Å². The summed E-state index contributed by atoms with van der Waals surface area (Å²) in [5, 5.41) is 2.76. The number of rotatable bonds is 3. The highest BCUT2D eigenvalue weighted by molar-refractivity contribution is 7.80. The van der Waals surface area contributed by atoms with Crippen LogP contribution >= 0.6 is 12.2 Å². The number of nitrogens with one attached hydrogen (secondary N) is 1. The Morgan fingerprint density at radius 1 is 1.53 bits per heavy atom. The Labute approximate surface area is 105 Å². The molecule has 0 radical (unpaired) electrons. The van der Waals surface area contributed by atoms with Gasteiger partial charge in [-0.2, -0.15) is 0 Å². The van der Waals surface area contributed by atoms with Gasteiger partial charge in [0.25, 0.3) is 0 Å². The predicted octanol–water partition coefficient (Wildman–Crippen LogP) is 1.12. The summed E-state index contributed by atoms with van der Waals surface area (Å²) in [4.78, 5) is 20.1. The molecule has 1 aromatic rings. The van der Waals surface area contributed by atoms with Crippen molar-refractivity contribution in [3.05, 3.63) is 18.7 Å². The average Bonchev–Trinajstić information content (AvgIpc) is 2.25.